The molecule has 1 fully saturated rings. The summed E-state index contributed by atoms with van der Waals surface area (Å²) in [5, 5.41) is 8.24. The van der Waals surface area contributed by atoms with Crippen LogP contribution in [-0.2, 0) is 4.74 Å². The van der Waals surface area contributed by atoms with Gasteiger partial charge in [-0.1, -0.05) is 0 Å². The number of carbonyl (C=O) groups excluding carboxylic acids is 1. The van der Waals surface area contributed by atoms with Gasteiger partial charge < -0.3 is 14.5 Å². The molecule has 29 heavy (non-hydrogen) atoms. The minimum atomic E-state index is -0.115. The van der Waals surface area contributed by atoms with Gasteiger partial charge in [0.25, 0.3) is 5.91 Å². The third-order valence-corrected chi connectivity index (χ3v) is 5.11. The van der Waals surface area contributed by atoms with Crippen LogP contribution in [0.1, 0.15) is 36.7 Å². The van der Waals surface area contributed by atoms with E-state index in [9.17, 15) is 4.79 Å². The van der Waals surface area contributed by atoms with E-state index in [4.69, 9.17) is 14.1 Å². The molecule has 1 saturated heterocycles. The third kappa shape index (κ3) is 4.33. The molecule has 154 valence electrons. The molecular weight excluding hydrogens is 370 g/mol. The number of hydrogen-bond donors (Lipinski definition) is 1. The van der Waals surface area contributed by atoms with E-state index in [1.165, 1.54) is 0 Å². The number of nitrogens with one attached hydrogen (secondary N) is 1. The van der Waals surface area contributed by atoms with Crippen LogP contribution < -0.4 is 5.32 Å². The summed E-state index contributed by atoms with van der Waals surface area (Å²) in [4.78, 5) is 20.0. The van der Waals surface area contributed by atoms with Crippen molar-refractivity contribution < 1.29 is 13.9 Å². The average molecular weight is 397 g/mol. The number of pyridine rings is 1. The van der Waals surface area contributed by atoms with Crippen molar-refractivity contribution in [2.24, 2.45) is 0 Å². The van der Waals surface area contributed by atoms with E-state index in [2.05, 4.69) is 15.3 Å². The summed E-state index contributed by atoms with van der Waals surface area (Å²) in [6.45, 7) is 9.15. The Kier molecular flexibility index (Phi) is 5.92. The lowest BCUT2D eigenvalue weighted by Gasteiger charge is -2.26. The zero-order valence-electron chi connectivity index (χ0n) is 16.9. The van der Waals surface area contributed by atoms with Crippen molar-refractivity contribution in [2.45, 2.75) is 26.3 Å². The van der Waals surface area contributed by atoms with Crippen molar-refractivity contribution in [3.63, 3.8) is 0 Å². The van der Waals surface area contributed by atoms with Gasteiger partial charge in [-0.25, -0.2) is 9.67 Å². The number of rotatable bonds is 7. The largest absolute Gasteiger partial charge is 0.463 e. The Morgan fingerprint density at radius 1 is 1.31 bits per heavy atom. The van der Waals surface area contributed by atoms with Crippen molar-refractivity contribution in [1.82, 2.24) is 25.0 Å². The molecule has 1 amide bonds. The number of ether oxygens (including phenoxy) is 1. The predicted molar refractivity (Wildman–Crippen MR) is 110 cm³/mol. The van der Waals surface area contributed by atoms with Crippen LogP contribution in [0.5, 0.6) is 0 Å². The molecule has 3 aromatic rings. The molecule has 1 N–H and O–H groups in total. The van der Waals surface area contributed by atoms with Gasteiger partial charge in [0.2, 0.25) is 0 Å². The second-order valence-electron chi connectivity index (χ2n) is 7.52. The number of amides is 1. The highest BCUT2D eigenvalue weighted by molar-refractivity contribution is 6.06. The van der Waals surface area contributed by atoms with E-state index in [1.807, 2.05) is 30.7 Å². The zero-order chi connectivity index (χ0) is 20.2. The molecule has 0 aliphatic carbocycles. The maximum absolute atomic E-state index is 13.0. The fourth-order valence-electron chi connectivity index (χ4n) is 3.56. The second kappa shape index (κ2) is 8.75. The van der Waals surface area contributed by atoms with Gasteiger partial charge in [0.05, 0.1) is 36.6 Å². The molecule has 0 unspecified atom stereocenters. The quantitative estimate of drug-likeness (QED) is 0.617. The van der Waals surface area contributed by atoms with Crippen molar-refractivity contribution in [1.29, 1.82) is 0 Å². The van der Waals surface area contributed by atoms with Crippen LogP contribution in [0, 0.1) is 0 Å². The Morgan fingerprint density at radius 2 is 2.14 bits per heavy atom. The lowest BCUT2D eigenvalue weighted by molar-refractivity contribution is 0.0374. The summed E-state index contributed by atoms with van der Waals surface area (Å²) in [6.07, 6.45) is 4.22. The summed E-state index contributed by atoms with van der Waals surface area (Å²) in [7, 11) is 0. The van der Waals surface area contributed by atoms with Crippen molar-refractivity contribution in [3.05, 3.63) is 36.2 Å². The summed E-state index contributed by atoms with van der Waals surface area (Å²) < 4.78 is 12.7. The molecule has 0 aromatic carbocycles. The molecule has 4 rings (SSSR count). The summed E-state index contributed by atoms with van der Waals surface area (Å²) >= 11 is 0. The lowest BCUT2D eigenvalue weighted by Crippen LogP contribution is -2.38. The number of furan rings is 1. The first-order valence-electron chi connectivity index (χ1n) is 10.1. The van der Waals surface area contributed by atoms with Gasteiger partial charge in [-0.2, -0.15) is 5.10 Å². The Bertz CT molecular complexity index is 958. The van der Waals surface area contributed by atoms with Gasteiger partial charge in [-0.3, -0.25) is 9.69 Å². The first kappa shape index (κ1) is 19.6. The summed E-state index contributed by atoms with van der Waals surface area (Å²) in [5.74, 6) is 0.514. The number of hydrogen-bond acceptors (Lipinski definition) is 6. The van der Waals surface area contributed by atoms with E-state index in [0.717, 1.165) is 44.7 Å². The Morgan fingerprint density at radius 3 is 2.86 bits per heavy atom. The minimum Gasteiger partial charge on any atom is -0.463 e. The van der Waals surface area contributed by atoms with Crippen LogP contribution in [0.15, 0.2) is 35.1 Å². The normalized spacial score (nSPS) is 15.3. The highest BCUT2D eigenvalue weighted by atomic mass is 16.5. The van der Waals surface area contributed by atoms with Crippen LogP contribution in [0.3, 0.4) is 0 Å². The standard InChI is InChI=1S/C21H27N5O3/c1-15(2)26-20-17(14-23-26)16(13-18(24-20)19-5-3-10-29-19)21(27)22-6-4-7-25-8-11-28-12-9-25/h3,5,10,13-15H,4,6-9,11-12H2,1-2H3,(H,22,27). The number of nitrogens with zero attached hydrogens (tertiary/aromatic N) is 4. The van der Waals surface area contributed by atoms with Crippen LogP contribution in [0.4, 0.5) is 0 Å². The van der Waals surface area contributed by atoms with Gasteiger partial charge in [-0.05, 0) is 45.0 Å². The van der Waals surface area contributed by atoms with Gasteiger partial charge in [0, 0.05) is 25.7 Å². The maximum Gasteiger partial charge on any atom is 0.252 e. The third-order valence-electron chi connectivity index (χ3n) is 5.11. The van der Waals surface area contributed by atoms with Gasteiger partial charge in [0.15, 0.2) is 11.4 Å². The molecular formula is C21H27N5O3. The molecule has 0 spiro atoms. The molecule has 1 aliphatic rings. The fourth-order valence-corrected chi connectivity index (χ4v) is 3.56. The topological polar surface area (TPSA) is 85.4 Å². The zero-order valence-corrected chi connectivity index (χ0v) is 16.9. The van der Waals surface area contributed by atoms with E-state index in [1.54, 1.807) is 18.5 Å². The van der Waals surface area contributed by atoms with Gasteiger partial charge >= 0.3 is 0 Å². The predicted octanol–water partition coefficient (Wildman–Crippen LogP) is 2.72. The molecule has 1 aliphatic heterocycles. The smallest absolute Gasteiger partial charge is 0.252 e. The molecule has 0 radical (unpaired) electrons. The van der Waals surface area contributed by atoms with Crippen molar-refractivity contribution in [2.75, 3.05) is 39.4 Å². The Labute approximate surface area is 169 Å². The van der Waals surface area contributed by atoms with E-state index >= 15 is 0 Å². The lowest BCUT2D eigenvalue weighted by atomic mass is 10.1. The average Bonchev–Trinajstić information content (AvgIpc) is 3.41. The molecule has 0 atom stereocenters. The number of aromatic nitrogens is 3. The number of carbonyl (C=O) groups is 1. The summed E-state index contributed by atoms with van der Waals surface area (Å²) in [6, 6.07) is 5.57. The summed E-state index contributed by atoms with van der Waals surface area (Å²) in [5.41, 5.74) is 1.88. The second-order valence-corrected chi connectivity index (χ2v) is 7.52. The van der Waals surface area contributed by atoms with Gasteiger partial charge in [0.1, 0.15) is 5.69 Å². The number of morpholine rings is 1. The first-order valence-corrected chi connectivity index (χ1v) is 10.1. The molecule has 0 saturated carbocycles. The van der Waals surface area contributed by atoms with Crippen molar-refractivity contribution >= 4 is 16.9 Å². The van der Waals surface area contributed by atoms with E-state index < -0.39 is 0 Å². The van der Waals surface area contributed by atoms with Crippen LogP contribution in [0.2, 0.25) is 0 Å². The van der Waals surface area contributed by atoms with Crippen LogP contribution in [0.25, 0.3) is 22.5 Å². The Balaban J connectivity index is 1.52. The minimum absolute atomic E-state index is 0.115. The van der Waals surface area contributed by atoms with Gasteiger partial charge in [-0.15, -0.1) is 0 Å². The van der Waals surface area contributed by atoms with E-state index in [-0.39, 0.29) is 11.9 Å². The van der Waals surface area contributed by atoms with Crippen molar-refractivity contribution in [3.8, 4) is 11.5 Å². The number of fused-ring (bicyclic) bond motifs is 1. The molecule has 3 aromatic heterocycles. The maximum atomic E-state index is 13.0. The molecule has 8 nitrogen and oxygen atoms in total. The molecule has 8 heteroatoms. The fraction of sp³-hybridized carbons (Fsp3) is 0.476. The first-order chi connectivity index (χ1) is 14.1. The highest BCUT2D eigenvalue weighted by Gasteiger charge is 2.19. The molecule has 4 heterocycles. The monoisotopic (exact) mass is 397 g/mol. The van der Waals surface area contributed by atoms with Crippen LogP contribution >= 0.6 is 0 Å². The SMILES string of the molecule is CC(C)n1ncc2c(C(=O)NCCCN3CCOCC3)cc(-c3ccco3)nc21. The van der Waals surface area contributed by atoms with Crippen LogP contribution in [-0.4, -0.2) is 65.0 Å². The van der Waals surface area contributed by atoms with E-state index in [0.29, 0.717) is 29.2 Å². The molecule has 0 bridgehead atoms. The highest BCUT2D eigenvalue weighted by Crippen LogP contribution is 2.26. The Hall–Kier alpha value is -2.71.